The van der Waals surface area contributed by atoms with E-state index in [2.05, 4.69) is 26.3 Å². The Morgan fingerprint density at radius 1 is 0.973 bits per heavy atom. The van der Waals surface area contributed by atoms with Crippen molar-refractivity contribution >= 4 is 35.2 Å². The molecule has 3 aliphatic heterocycles. The van der Waals surface area contributed by atoms with Crippen LogP contribution in [0.15, 0.2) is 89.1 Å². The standard InChI is InChI=1S/C28H28N8O/c29-25-18-21(10-15-31-25)33-20-8-6-19(7-9-20)28(37)35-16-11-22(12-17-35)36-26-24(5-3-14-32-26)34-27(36)23-4-1-2-13-30-23/h1-10,13-15,18,22,24,26H,11-12,16-17H2,(H3,29,31,33). The predicted octanol–water partition coefficient (Wildman–Crippen LogP) is 3.50. The van der Waals surface area contributed by atoms with Crippen LogP contribution in [0.25, 0.3) is 0 Å². The van der Waals surface area contributed by atoms with Gasteiger partial charge < -0.3 is 20.9 Å². The number of pyridine rings is 2. The normalized spacial score (nSPS) is 21.0. The van der Waals surface area contributed by atoms with Gasteiger partial charge in [-0.1, -0.05) is 12.1 Å². The minimum absolute atomic E-state index is 0.00242. The van der Waals surface area contributed by atoms with Crippen LogP contribution in [0, 0.1) is 0 Å². The Kier molecular flexibility index (Phi) is 6.10. The van der Waals surface area contributed by atoms with Crippen LogP contribution in [0.2, 0.25) is 0 Å². The topological polar surface area (TPSA) is 112 Å². The lowest BCUT2D eigenvalue weighted by molar-refractivity contribution is 0.0658. The van der Waals surface area contributed by atoms with Gasteiger partial charge in [-0.05, 0) is 61.4 Å². The zero-order chi connectivity index (χ0) is 25.2. The van der Waals surface area contributed by atoms with Crippen molar-refractivity contribution in [1.29, 1.82) is 0 Å². The fourth-order valence-corrected chi connectivity index (χ4v) is 5.17. The third-order valence-electron chi connectivity index (χ3n) is 6.98. The number of rotatable bonds is 5. The molecule has 1 aromatic carbocycles. The number of fused-ring (bicyclic) bond motifs is 1. The number of aromatic nitrogens is 2. The number of hydrogen-bond donors (Lipinski definition) is 2. The van der Waals surface area contributed by atoms with Gasteiger partial charge >= 0.3 is 0 Å². The van der Waals surface area contributed by atoms with Crippen molar-refractivity contribution in [3.63, 3.8) is 0 Å². The quantitative estimate of drug-likeness (QED) is 0.564. The van der Waals surface area contributed by atoms with Gasteiger partial charge in [-0.2, -0.15) is 0 Å². The molecule has 1 saturated heterocycles. The van der Waals surface area contributed by atoms with Crippen LogP contribution >= 0.6 is 0 Å². The number of carbonyl (C=O) groups is 1. The molecule has 0 radical (unpaired) electrons. The molecule has 0 bridgehead atoms. The maximum Gasteiger partial charge on any atom is 0.253 e. The molecule has 2 aromatic heterocycles. The minimum Gasteiger partial charge on any atom is -0.384 e. The number of nitrogens with zero attached hydrogens (tertiary/aromatic N) is 6. The van der Waals surface area contributed by atoms with Crippen molar-refractivity contribution in [2.75, 3.05) is 24.1 Å². The summed E-state index contributed by atoms with van der Waals surface area (Å²) in [6, 6.07) is 17.3. The monoisotopic (exact) mass is 492 g/mol. The number of aliphatic imine (C=N–C) groups is 2. The number of dihydropyridines is 1. The van der Waals surface area contributed by atoms with Crippen molar-refractivity contribution in [3.05, 3.63) is 90.4 Å². The Balaban J connectivity index is 1.12. The summed E-state index contributed by atoms with van der Waals surface area (Å²) in [5.74, 6) is 1.40. The molecule has 0 aliphatic carbocycles. The molecule has 3 aliphatic rings. The molecule has 2 unspecified atom stereocenters. The average molecular weight is 493 g/mol. The molecule has 9 nitrogen and oxygen atoms in total. The Bertz CT molecular complexity index is 1360. The van der Waals surface area contributed by atoms with E-state index in [-0.39, 0.29) is 24.2 Å². The number of nitrogen functional groups attached to an aromatic ring is 1. The Labute approximate surface area is 215 Å². The third kappa shape index (κ3) is 4.67. The second kappa shape index (κ2) is 9.85. The first-order valence-corrected chi connectivity index (χ1v) is 12.5. The van der Waals surface area contributed by atoms with E-state index in [1.807, 2.05) is 65.7 Å². The van der Waals surface area contributed by atoms with Crippen LogP contribution in [0.4, 0.5) is 17.2 Å². The zero-order valence-corrected chi connectivity index (χ0v) is 20.3. The number of anilines is 3. The number of amides is 1. The second-order valence-electron chi connectivity index (χ2n) is 9.36. The zero-order valence-electron chi connectivity index (χ0n) is 20.3. The van der Waals surface area contributed by atoms with Crippen LogP contribution in [-0.4, -0.2) is 69.1 Å². The van der Waals surface area contributed by atoms with Crippen molar-refractivity contribution in [1.82, 2.24) is 19.8 Å². The van der Waals surface area contributed by atoms with Gasteiger partial charge in [-0.25, -0.2) is 4.98 Å². The number of amidine groups is 1. The van der Waals surface area contributed by atoms with Crippen molar-refractivity contribution in [2.24, 2.45) is 9.98 Å². The van der Waals surface area contributed by atoms with Crippen molar-refractivity contribution in [3.8, 4) is 0 Å². The van der Waals surface area contributed by atoms with Crippen molar-refractivity contribution in [2.45, 2.75) is 31.1 Å². The lowest BCUT2D eigenvalue weighted by Gasteiger charge is -2.40. The third-order valence-corrected chi connectivity index (χ3v) is 6.98. The number of nitrogens with two attached hydrogens (primary N) is 1. The summed E-state index contributed by atoms with van der Waals surface area (Å²) >= 11 is 0. The van der Waals surface area contributed by atoms with Gasteiger partial charge in [0.1, 0.15) is 23.7 Å². The first-order chi connectivity index (χ1) is 18.2. The van der Waals surface area contributed by atoms with E-state index in [1.165, 1.54) is 0 Å². The molecule has 3 aromatic rings. The van der Waals surface area contributed by atoms with Crippen LogP contribution in [0.3, 0.4) is 0 Å². The first kappa shape index (κ1) is 22.9. The molecule has 2 atom stereocenters. The van der Waals surface area contributed by atoms with Crippen LogP contribution in [0.1, 0.15) is 28.9 Å². The Morgan fingerprint density at radius 3 is 2.57 bits per heavy atom. The molecule has 37 heavy (non-hydrogen) atoms. The van der Waals surface area contributed by atoms with E-state index in [0.717, 1.165) is 35.7 Å². The largest absolute Gasteiger partial charge is 0.384 e. The van der Waals surface area contributed by atoms with Gasteiger partial charge in [0.25, 0.3) is 5.91 Å². The highest BCUT2D eigenvalue weighted by atomic mass is 16.2. The first-order valence-electron chi connectivity index (χ1n) is 12.5. The van der Waals surface area contributed by atoms with E-state index in [0.29, 0.717) is 24.5 Å². The van der Waals surface area contributed by atoms with Gasteiger partial charge in [0.2, 0.25) is 0 Å². The van der Waals surface area contributed by atoms with E-state index in [1.54, 1.807) is 18.5 Å². The molecule has 0 saturated carbocycles. The molecule has 6 rings (SSSR count). The lowest BCUT2D eigenvalue weighted by Crippen LogP contribution is -2.52. The molecule has 0 spiro atoms. The summed E-state index contributed by atoms with van der Waals surface area (Å²) in [5.41, 5.74) is 9.03. The van der Waals surface area contributed by atoms with E-state index < -0.39 is 0 Å². The average Bonchev–Trinajstić information content (AvgIpc) is 3.33. The smallest absolute Gasteiger partial charge is 0.253 e. The number of nitrogens with one attached hydrogen (secondary N) is 1. The summed E-state index contributed by atoms with van der Waals surface area (Å²) in [4.78, 5) is 35.8. The number of carbonyl (C=O) groups excluding carboxylic acids is 1. The number of hydrogen-bond acceptors (Lipinski definition) is 8. The minimum atomic E-state index is -0.0509. The van der Waals surface area contributed by atoms with Crippen LogP contribution in [-0.2, 0) is 0 Å². The summed E-state index contributed by atoms with van der Waals surface area (Å²) in [6.45, 7) is 1.37. The molecule has 3 N–H and O–H groups in total. The number of likely N-dealkylation sites (tertiary alicyclic amines) is 1. The van der Waals surface area contributed by atoms with Crippen LogP contribution < -0.4 is 11.1 Å². The second-order valence-corrected chi connectivity index (χ2v) is 9.36. The fourth-order valence-electron chi connectivity index (χ4n) is 5.17. The molecular formula is C28H28N8O. The fraction of sp³-hybridized carbons (Fsp3) is 0.250. The maximum atomic E-state index is 13.3. The summed E-state index contributed by atoms with van der Waals surface area (Å²) < 4.78 is 0. The van der Waals surface area contributed by atoms with Gasteiger partial charge in [0.15, 0.2) is 5.84 Å². The molecule has 5 heterocycles. The summed E-state index contributed by atoms with van der Waals surface area (Å²) in [7, 11) is 0. The highest BCUT2D eigenvalue weighted by Crippen LogP contribution is 2.31. The van der Waals surface area contributed by atoms with Crippen LogP contribution in [0.5, 0.6) is 0 Å². The maximum absolute atomic E-state index is 13.3. The number of benzene rings is 1. The van der Waals surface area contributed by atoms with E-state index >= 15 is 0 Å². The van der Waals surface area contributed by atoms with Crippen molar-refractivity contribution < 1.29 is 4.79 Å². The molecule has 1 fully saturated rings. The predicted molar refractivity (Wildman–Crippen MR) is 145 cm³/mol. The van der Waals surface area contributed by atoms with Gasteiger partial charge in [0, 0.05) is 60.7 Å². The van der Waals surface area contributed by atoms with E-state index in [4.69, 9.17) is 15.7 Å². The molecule has 9 heteroatoms. The Morgan fingerprint density at radius 2 is 1.81 bits per heavy atom. The highest BCUT2D eigenvalue weighted by molar-refractivity contribution is 5.99. The Hall–Kier alpha value is -4.53. The van der Waals surface area contributed by atoms with E-state index in [9.17, 15) is 4.79 Å². The lowest BCUT2D eigenvalue weighted by atomic mass is 10.00. The highest BCUT2D eigenvalue weighted by Gasteiger charge is 2.41. The van der Waals surface area contributed by atoms with Gasteiger partial charge in [-0.15, -0.1) is 0 Å². The van der Waals surface area contributed by atoms with Gasteiger partial charge in [-0.3, -0.25) is 19.8 Å². The van der Waals surface area contributed by atoms with Gasteiger partial charge in [0.05, 0.1) is 0 Å². The molecule has 186 valence electrons. The summed E-state index contributed by atoms with van der Waals surface area (Å²) in [5, 5.41) is 3.28. The molecular weight excluding hydrogens is 464 g/mol. The SMILES string of the molecule is Nc1cc(Nc2ccc(C(=O)N3CCC(N4C(c5ccccn5)=NC5C=CC=NC54)CC3)cc2)ccn1. The summed E-state index contributed by atoms with van der Waals surface area (Å²) in [6.07, 6.45) is 11.0. The number of piperidine rings is 1. The number of allylic oxidation sites excluding steroid dienone is 1. The molecule has 1 amide bonds.